The number of aliphatic hydroxyl groups excluding tert-OH is 1. The molecule has 1 amide bonds. The van der Waals surface area contributed by atoms with Crippen LogP contribution in [0.2, 0.25) is 0 Å². The van der Waals surface area contributed by atoms with Crippen molar-refractivity contribution in [3.05, 3.63) is 60.0 Å². The van der Waals surface area contributed by atoms with Crippen molar-refractivity contribution in [1.29, 1.82) is 0 Å². The van der Waals surface area contributed by atoms with E-state index < -0.39 is 12.1 Å². The minimum atomic E-state index is -0.872. The lowest BCUT2D eigenvalue weighted by molar-refractivity contribution is -0.122. The lowest BCUT2D eigenvalue weighted by atomic mass is 10.0. The van der Waals surface area contributed by atoms with Crippen molar-refractivity contribution in [2.45, 2.75) is 30.5 Å². The van der Waals surface area contributed by atoms with Crippen molar-refractivity contribution in [1.82, 2.24) is 10.3 Å². The van der Waals surface area contributed by atoms with Crippen LogP contribution in [0.1, 0.15) is 25.0 Å². The second kappa shape index (κ2) is 8.64. The molecule has 1 aromatic carbocycles. The summed E-state index contributed by atoms with van der Waals surface area (Å²) in [5.74, 6) is 0.119. The van der Waals surface area contributed by atoms with Crippen molar-refractivity contribution in [2.24, 2.45) is 0 Å². The summed E-state index contributed by atoms with van der Waals surface area (Å²) >= 11 is 1.51. The van der Waals surface area contributed by atoms with Gasteiger partial charge in [-0.2, -0.15) is 0 Å². The Bertz CT molecular complexity index is 622. The molecule has 122 valence electrons. The van der Waals surface area contributed by atoms with Crippen LogP contribution in [0, 0.1) is 5.82 Å². The summed E-state index contributed by atoms with van der Waals surface area (Å²) in [6.45, 7) is 1.72. The molecule has 2 unspecified atom stereocenters. The zero-order valence-corrected chi connectivity index (χ0v) is 13.6. The summed E-state index contributed by atoms with van der Waals surface area (Å²) in [5.41, 5.74) is 0.571. The molecule has 0 radical (unpaired) electrons. The van der Waals surface area contributed by atoms with E-state index in [-0.39, 0.29) is 11.7 Å². The smallest absolute Gasteiger partial charge is 0.221 e. The number of aliphatic hydroxyl groups is 1. The van der Waals surface area contributed by atoms with Crippen molar-refractivity contribution >= 4 is 17.7 Å². The summed E-state index contributed by atoms with van der Waals surface area (Å²) in [6, 6.07) is 10.8. The first-order chi connectivity index (χ1) is 11.1. The number of carbonyl (C=O) groups excluding carboxylic acids is 1. The molecule has 0 fully saturated rings. The van der Waals surface area contributed by atoms with Crippen molar-refractivity contribution in [2.75, 3.05) is 5.75 Å². The summed E-state index contributed by atoms with van der Waals surface area (Å²) in [7, 11) is 0. The minimum absolute atomic E-state index is 0.137. The third-order valence-electron chi connectivity index (χ3n) is 3.29. The van der Waals surface area contributed by atoms with Gasteiger partial charge in [0.25, 0.3) is 0 Å². The molecule has 2 rings (SSSR count). The van der Waals surface area contributed by atoms with Gasteiger partial charge in [0.15, 0.2) is 0 Å². The van der Waals surface area contributed by atoms with Gasteiger partial charge in [-0.05, 0) is 36.8 Å². The van der Waals surface area contributed by atoms with Crippen LogP contribution >= 0.6 is 11.8 Å². The zero-order valence-electron chi connectivity index (χ0n) is 12.8. The second-order valence-corrected chi connectivity index (χ2v) is 6.23. The van der Waals surface area contributed by atoms with Gasteiger partial charge in [-0.3, -0.25) is 4.79 Å². The van der Waals surface area contributed by atoms with E-state index in [2.05, 4.69) is 10.3 Å². The lowest BCUT2D eigenvalue weighted by Crippen LogP contribution is -2.37. The summed E-state index contributed by atoms with van der Waals surface area (Å²) in [5, 5.41) is 13.8. The fraction of sp³-hybridized carbons (Fsp3) is 0.294. The van der Waals surface area contributed by atoms with E-state index in [0.717, 1.165) is 5.03 Å². The highest BCUT2D eigenvalue weighted by atomic mass is 32.2. The summed E-state index contributed by atoms with van der Waals surface area (Å²) in [4.78, 5) is 16.1. The van der Waals surface area contributed by atoms with Crippen LogP contribution in [-0.4, -0.2) is 27.8 Å². The molecule has 0 aliphatic carbocycles. The monoisotopic (exact) mass is 334 g/mol. The zero-order chi connectivity index (χ0) is 16.7. The maximum atomic E-state index is 12.9. The van der Waals surface area contributed by atoms with Gasteiger partial charge < -0.3 is 10.4 Å². The van der Waals surface area contributed by atoms with Crippen LogP contribution in [0.25, 0.3) is 0 Å². The Morgan fingerprint density at radius 1 is 1.30 bits per heavy atom. The Balaban J connectivity index is 1.76. The number of aromatic nitrogens is 1. The number of carbonyl (C=O) groups is 1. The number of benzene rings is 1. The van der Waals surface area contributed by atoms with E-state index in [9.17, 15) is 14.3 Å². The lowest BCUT2D eigenvalue weighted by Gasteiger charge is -2.20. The Kier molecular flexibility index (Phi) is 6.55. The topological polar surface area (TPSA) is 62.2 Å². The number of pyridine rings is 1. The predicted molar refractivity (Wildman–Crippen MR) is 88.5 cm³/mol. The Labute approximate surface area is 139 Å². The molecule has 1 aromatic heterocycles. The molecule has 0 saturated carbocycles. The van der Waals surface area contributed by atoms with Crippen LogP contribution in [0.4, 0.5) is 4.39 Å². The van der Waals surface area contributed by atoms with Gasteiger partial charge >= 0.3 is 0 Å². The highest BCUT2D eigenvalue weighted by Crippen LogP contribution is 2.18. The van der Waals surface area contributed by atoms with E-state index in [1.54, 1.807) is 13.1 Å². The van der Waals surface area contributed by atoms with Crippen LogP contribution in [0.3, 0.4) is 0 Å². The molecule has 2 atom stereocenters. The molecule has 6 heteroatoms. The molecule has 0 bridgehead atoms. The molecule has 2 N–H and O–H groups in total. The SMILES string of the molecule is CC(NC(=O)CCSc1ccccn1)C(O)c1ccc(F)cc1. The third kappa shape index (κ3) is 5.65. The molecule has 0 aliphatic heterocycles. The Morgan fingerprint density at radius 3 is 2.70 bits per heavy atom. The van der Waals surface area contributed by atoms with E-state index in [1.165, 1.54) is 36.0 Å². The predicted octanol–water partition coefficient (Wildman–Crippen LogP) is 2.94. The maximum Gasteiger partial charge on any atom is 0.221 e. The van der Waals surface area contributed by atoms with E-state index in [1.807, 2.05) is 18.2 Å². The fourth-order valence-corrected chi connectivity index (χ4v) is 2.84. The van der Waals surface area contributed by atoms with Crippen LogP contribution in [-0.2, 0) is 4.79 Å². The van der Waals surface area contributed by atoms with Crippen molar-refractivity contribution in [3.63, 3.8) is 0 Å². The number of hydrogen-bond acceptors (Lipinski definition) is 4. The molecule has 23 heavy (non-hydrogen) atoms. The van der Waals surface area contributed by atoms with Gasteiger partial charge in [0.1, 0.15) is 5.82 Å². The van der Waals surface area contributed by atoms with Gasteiger partial charge in [-0.1, -0.05) is 18.2 Å². The Hall–Kier alpha value is -1.92. The summed E-state index contributed by atoms with van der Waals surface area (Å²) in [6.07, 6.45) is 1.17. The van der Waals surface area contributed by atoms with Crippen LogP contribution < -0.4 is 5.32 Å². The van der Waals surface area contributed by atoms with Gasteiger partial charge in [0.05, 0.1) is 17.2 Å². The fourth-order valence-electron chi connectivity index (χ4n) is 2.03. The third-order valence-corrected chi connectivity index (χ3v) is 4.24. The molecule has 0 spiro atoms. The van der Waals surface area contributed by atoms with Gasteiger partial charge in [-0.25, -0.2) is 9.37 Å². The highest BCUT2D eigenvalue weighted by molar-refractivity contribution is 7.99. The van der Waals surface area contributed by atoms with E-state index >= 15 is 0 Å². The molecule has 4 nitrogen and oxygen atoms in total. The quantitative estimate of drug-likeness (QED) is 0.764. The number of thioether (sulfide) groups is 1. The average Bonchev–Trinajstić information content (AvgIpc) is 2.56. The first-order valence-electron chi connectivity index (χ1n) is 7.33. The first-order valence-corrected chi connectivity index (χ1v) is 8.31. The second-order valence-electron chi connectivity index (χ2n) is 5.12. The Morgan fingerprint density at radius 2 is 2.04 bits per heavy atom. The number of amides is 1. The molecular weight excluding hydrogens is 315 g/mol. The molecule has 0 saturated heterocycles. The van der Waals surface area contributed by atoms with Crippen molar-refractivity contribution in [3.8, 4) is 0 Å². The van der Waals surface area contributed by atoms with Crippen LogP contribution in [0.5, 0.6) is 0 Å². The molecular formula is C17H19FN2O2S. The average molecular weight is 334 g/mol. The maximum absolute atomic E-state index is 12.9. The number of nitrogens with zero attached hydrogens (tertiary/aromatic N) is 1. The normalized spacial score (nSPS) is 13.3. The van der Waals surface area contributed by atoms with Gasteiger partial charge in [0.2, 0.25) is 5.91 Å². The molecule has 1 heterocycles. The number of hydrogen-bond donors (Lipinski definition) is 2. The minimum Gasteiger partial charge on any atom is -0.386 e. The molecule has 0 aliphatic rings. The van der Waals surface area contributed by atoms with E-state index in [0.29, 0.717) is 17.7 Å². The number of halogens is 1. The number of nitrogens with one attached hydrogen (secondary N) is 1. The molecule has 2 aromatic rings. The first kappa shape index (κ1) is 17.4. The van der Waals surface area contributed by atoms with Crippen LogP contribution in [0.15, 0.2) is 53.7 Å². The number of rotatable bonds is 7. The van der Waals surface area contributed by atoms with Gasteiger partial charge in [-0.15, -0.1) is 11.8 Å². The highest BCUT2D eigenvalue weighted by Gasteiger charge is 2.18. The largest absolute Gasteiger partial charge is 0.386 e. The summed E-state index contributed by atoms with van der Waals surface area (Å²) < 4.78 is 12.9. The van der Waals surface area contributed by atoms with Crippen molar-refractivity contribution < 1.29 is 14.3 Å². The standard InChI is InChI=1S/C17H19FN2O2S/c1-12(17(22)13-5-7-14(18)8-6-13)20-15(21)9-11-23-16-4-2-3-10-19-16/h2-8,10,12,17,22H,9,11H2,1H3,(H,20,21). The van der Waals surface area contributed by atoms with Gasteiger partial charge in [0, 0.05) is 18.4 Å². The van der Waals surface area contributed by atoms with E-state index in [4.69, 9.17) is 0 Å².